The van der Waals surface area contributed by atoms with Crippen LogP contribution in [0.2, 0.25) is 0 Å². The molecular weight excluding hydrogens is 1150 g/mol. The zero-order valence-electron chi connectivity index (χ0n) is 38.3. The molecule has 5 heterocycles. The molecule has 9 rings (SSSR count). The number of phenolic OH excluding ortho intramolecular Hbond substituents is 2. The number of fused-ring (bicyclic) bond motifs is 3. The third-order valence-corrected chi connectivity index (χ3v) is 11.8. The average Bonchev–Trinajstić information content (AvgIpc) is 3.40. The Bertz CT molecular complexity index is 2180. The van der Waals surface area contributed by atoms with Gasteiger partial charge >= 0.3 is 5.97 Å². The van der Waals surface area contributed by atoms with Crippen LogP contribution in [0.15, 0.2) is 97.1 Å². The first-order valence-electron chi connectivity index (χ1n) is 21.8. The Kier molecular flexibility index (Phi) is 30.0. The summed E-state index contributed by atoms with van der Waals surface area (Å²) in [4.78, 5) is 35.3. The second-order valence-corrected chi connectivity index (χ2v) is 19.1. The number of aliphatic hydroxyl groups excluding tert-OH is 1. The van der Waals surface area contributed by atoms with Gasteiger partial charge in [0.05, 0.1) is 6.61 Å². The fraction of sp³-hybridized carbons (Fsp3) is 0.413. The summed E-state index contributed by atoms with van der Waals surface area (Å²) in [5.41, 5.74) is 0. The number of carbonyl (C=O) groups excluding carboxylic acids is 3. The van der Waals surface area contributed by atoms with Crippen molar-refractivity contribution in [3.63, 3.8) is 0 Å². The number of para-hydroxylation sites is 8. The van der Waals surface area contributed by atoms with Crippen molar-refractivity contribution in [2.75, 3.05) is 84.1 Å². The third kappa shape index (κ3) is 23.8. The molecule has 5 aliphatic rings. The molecule has 25 heteroatoms. The molecule has 4 aromatic carbocycles. The first kappa shape index (κ1) is 61.0. The smallest absolute Gasteiger partial charge is 0.320 e. The van der Waals surface area contributed by atoms with Crippen molar-refractivity contribution < 1.29 is 72.2 Å². The van der Waals surface area contributed by atoms with Gasteiger partial charge in [-0.3, -0.25) is 14.4 Å². The molecule has 5 aliphatic heterocycles. The molecule has 2 saturated heterocycles. The molecule has 4 unspecified atom stereocenters. The molecule has 7 N–H and O–H groups in total. The van der Waals surface area contributed by atoms with E-state index in [0.717, 1.165) is 52.4 Å². The van der Waals surface area contributed by atoms with Crippen LogP contribution in [0.5, 0.6) is 46.0 Å². The highest BCUT2D eigenvalue weighted by Gasteiger charge is 2.32. The van der Waals surface area contributed by atoms with E-state index in [0.29, 0.717) is 53.0 Å². The van der Waals surface area contributed by atoms with Gasteiger partial charge in [-0.1, -0.05) is 80.4 Å². The first-order valence-corrected chi connectivity index (χ1v) is 27.1. The van der Waals surface area contributed by atoms with Crippen LogP contribution in [0.4, 0.5) is 0 Å². The number of phenols is 2. The molecular formula is C46H57Br2Cl3N4O15S. The van der Waals surface area contributed by atoms with Crippen LogP contribution in [-0.4, -0.2) is 160 Å². The van der Waals surface area contributed by atoms with E-state index in [1.165, 1.54) is 12.1 Å². The molecule has 0 aliphatic carbocycles. The maximum Gasteiger partial charge on any atom is 0.320 e. The lowest BCUT2D eigenvalue weighted by atomic mass is 10.2. The van der Waals surface area contributed by atoms with Gasteiger partial charge in [0.1, 0.15) is 24.6 Å². The number of esters is 1. The summed E-state index contributed by atoms with van der Waals surface area (Å²) in [7, 11) is 7.36. The quantitative estimate of drug-likeness (QED) is 0.0440. The largest absolute Gasteiger partial charge is 0.504 e. The van der Waals surface area contributed by atoms with Gasteiger partial charge in [0, 0.05) is 79.1 Å². The number of nitrogens with zero attached hydrogens (tertiary/aromatic N) is 1. The van der Waals surface area contributed by atoms with Crippen LogP contribution in [0.1, 0.15) is 6.92 Å². The van der Waals surface area contributed by atoms with Gasteiger partial charge in [0.15, 0.2) is 58.4 Å². The number of amides is 1. The van der Waals surface area contributed by atoms with E-state index in [1.54, 1.807) is 49.4 Å². The first-order chi connectivity index (χ1) is 34.1. The average molecular weight is 1200 g/mol. The third-order valence-electron chi connectivity index (χ3n) is 9.35. The number of hydrogen-bond donors (Lipinski definition) is 7. The van der Waals surface area contributed by atoms with Gasteiger partial charge in [-0.25, -0.2) is 4.21 Å². The number of halogens is 5. The van der Waals surface area contributed by atoms with Crippen molar-refractivity contribution >= 4 is 91.2 Å². The van der Waals surface area contributed by atoms with Gasteiger partial charge in [0.25, 0.3) is 11.1 Å². The number of alkyl halides is 2. The van der Waals surface area contributed by atoms with Crippen LogP contribution in [0, 0.1) is 0 Å². The van der Waals surface area contributed by atoms with E-state index in [4.69, 9.17) is 64.7 Å². The Balaban J connectivity index is 0.000000229. The lowest BCUT2D eigenvalue weighted by Crippen LogP contribution is -2.52. The summed E-state index contributed by atoms with van der Waals surface area (Å²) >= 11 is 11.5. The highest BCUT2D eigenvalue weighted by Crippen LogP contribution is 2.33. The number of carbonyl (C=O) groups is 3. The van der Waals surface area contributed by atoms with Crippen molar-refractivity contribution in [1.82, 2.24) is 20.9 Å². The van der Waals surface area contributed by atoms with Crippen LogP contribution in [0.3, 0.4) is 0 Å². The second kappa shape index (κ2) is 34.9. The molecule has 0 spiro atoms. The Morgan fingerprint density at radius 2 is 1.06 bits per heavy atom. The minimum atomic E-state index is -1.67. The van der Waals surface area contributed by atoms with E-state index in [9.17, 15) is 14.4 Å². The summed E-state index contributed by atoms with van der Waals surface area (Å²) in [5, 5.41) is 44.8. The van der Waals surface area contributed by atoms with E-state index < -0.39 is 39.1 Å². The van der Waals surface area contributed by atoms with Gasteiger partial charge < -0.3 is 74.4 Å². The maximum atomic E-state index is 12.3. The highest BCUT2D eigenvalue weighted by molar-refractivity contribution is 9.12. The van der Waals surface area contributed by atoms with Crippen molar-refractivity contribution in [2.45, 2.75) is 36.4 Å². The minimum Gasteiger partial charge on any atom is -0.504 e. The predicted molar refractivity (Wildman–Crippen MR) is 276 cm³/mol. The topological polar surface area (TPSA) is 253 Å². The molecule has 2 fully saturated rings. The normalized spacial score (nSPS) is 18.2. The molecule has 0 aromatic heterocycles. The van der Waals surface area contributed by atoms with Crippen LogP contribution < -0.4 is 44.4 Å². The lowest BCUT2D eigenvalue weighted by molar-refractivity contribution is -0.142. The zero-order valence-corrected chi connectivity index (χ0v) is 44.6. The van der Waals surface area contributed by atoms with Crippen molar-refractivity contribution in [2.24, 2.45) is 0 Å². The Morgan fingerprint density at radius 1 is 0.676 bits per heavy atom. The number of benzene rings is 4. The number of hydrogen-bond acceptors (Lipinski definition) is 18. The number of aliphatic hydroxyl groups is 2. The van der Waals surface area contributed by atoms with Crippen LogP contribution in [0.25, 0.3) is 0 Å². The second-order valence-electron chi connectivity index (χ2n) is 14.5. The molecule has 0 bridgehead atoms. The summed E-state index contributed by atoms with van der Waals surface area (Å²) in [5.74, 6) is 3.41. The summed E-state index contributed by atoms with van der Waals surface area (Å²) in [6.45, 7) is 10.6. The molecule has 19 nitrogen and oxygen atoms in total. The minimum absolute atomic E-state index is 0.0194. The molecule has 1 amide bonds. The summed E-state index contributed by atoms with van der Waals surface area (Å²) in [6.07, 6.45) is -3.40. The molecule has 4 aromatic rings. The van der Waals surface area contributed by atoms with Crippen LogP contribution in [-0.2, 0) is 28.3 Å². The number of piperazine rings is 2. The Labute approximate surface area is 445 Å². The van der Waals surface area contributed by atoms with E-state index in [-0.39, 0.29) is 41.4 Å². The Hall–Kier alpha value is -4.33. The number of nitrogens with one attached hydrogen (secondary N) is 3. The monoisotopic (exact) mass is 1200 g/mol. The van der Waals surface area contributed by atoms with Gasteiger partial charge in [0.2, 0.25) is 21.4 Å². The molecule has 392 valence electrons. The molecule has 71 heavy (non-hydrogen) atoms. The summed E-state index contributed by atoms with van der Waals surface area (Å²) < 4.78 is 46.1. The fourth-order valence-electron chi connectivity index (χ4n) is 5.91. The van der Waals surface area contributed by atoms with Crippen molar-refractivity contribution in [1.29, 1.82) is 0 Å². The zero-order chi connectivity index (χ0) is 52.0. The SMILES string of the molecule is C1CNCCN1.CCOC(=O)C(Br)CBr.O=C(C1COc2ccccc2O1)N1CCNCC1.O=C(Cl)C1COc2ccccc2O1.O=S(Cl)Cl.OC(O)C1COc2ccccc2O1.Oc1ccccc1O. The van der Waals surface area contributed by atoms with Crippen LogP contribution >= 0.6 is 64.8 Å². The van der Waals surface area contributed by atoms with Crippen molar-refractivity contribution in [3.8, 4) is 46.0 Å². The number of ether oxygens (including phenoxy) is 7. The maximum absolute atomic E-state index is 12.3. The lowest BCUT2D eigenvalue weighted by Gasteiger charge is -2.32. The number of rotatable bonds is 6. The van der Waals surface area contributed by atoms with E-state index in [2.05, 4.69) is 73.9 Å². The summed E-state index contributed by atoms with van der Waals surface area (Å²) in [6, 6.07) is 27.9. The number of aromatic hydroxyl groups is 2. The molecule has 4 atom stereocenters. The molecule has 0 radical (unpaired) electrons. The predicted octanol–water partition coefficient (Wildman–Crippen LogP) is 5.01. The van der Waals surface area contributed by atoms with E-state index >= 15 is 0 Å². The molecule has 0 saturated carbocycles. The van der Waals surface area contributed by atoms with Gasteiger partial charge in [-0.2, -0.15) is 0 Å². The standard InChI is InChI=1S/C13H16N2O3.C9H7ClO3.C9H10O4.C6H6O2.C5H8Br2O2.C4H10N2.Cl2OS/c16-13(15-7-5-14-6-8-15)12-9-17-10-3-1-2-4-11(10)18-12;2*10-9(11)8-5-12-6-3-1-2-4-7(6)13-8;7-5-3-1-2-4-6(5)8;1-2-9-5(8)4(7)3-6;1-2-6-4-3-5-1;1-4(2)3/h1-4,12,14H,5-9H2;1-4,8H,5H2;1-4,8-11H,5H2;1-4,7-8H;4H,2-3H2,1H3;5-6H,1-4H2;. The fourth-order valence-corrected chi connectivity index (χ4v) is 6.41. The highest BCUT2D eigenvalue weighted by atomic mass is 79.9. The Morgan fingerprint density at radius 3 is 1.45 bits per heavy atom. The van der Waals surface area contributed by atoms with Crippen molar-refractivity contribution in [3.05, 3.63) is 97.1 Å². The van der Waals surface area contributed by atoms with Gasteiger partial charge in [-0.05, 0) is 67.1 Å². The van der Waals surface area contributed by atoms with Gasteiger partial charge in [-0.15, -0.1) is 0 Å². The van der Waals surface area contributed by atoms with E-state index in [1.807, 2.05) is 47.4 Å².